The van der Waals surface area contributed by atoms with Gasteiger partial charge >= 0.3 is 0 Å². The maximum Gasteiger partial charge on any atom is 0.244 e. The molecular formula is C11H15BrClNO2S. The first-order valence-electron chi connectivity index (χ1n) is 5.34. The summed E-state index contributed by atoms with van der Waals surface area (Å²) in [7, 11) is -3.48. The predicted molar refractivity (Wildman–Crippen MR) is 74.3 cm³/mol. The standard InChI is InChI=1S/C11H15BrClNO2S/c1-2-8-14(9-7-12)17(15,16)11-6-4-3-5-10(11)13/h3-6H,2,7-9H2,1H3. The van der Waals surface area contributed by atoms with E-state index in [0.29, 0.717) is 18.4 Å². The van der Waals surface area contributed by atoms with Crippen LogP contribution in [0.2, 0.25) is 5.02 Å². The quantitative estimate of drug-likeness (QED) is 0.746. The Balaban J connectivity index is 3.12. The lowest BCUT2D eigenvalue weighted by Gasteiger charge is -2.21. The van der Waals surface area contributed by atoms with Crippen molar-refractivity contribution in [3.05, 3.63) is 29.3 Å². The zero-order chi connectivity index (χ0) is 12.9. The maximum atomic E-state index is 12.4. The summed E-state index contributed by atoms with van der Waals surface area (Å²) in [6, 6.07) is 6.52. The lowest BCUT2D eigenvalue weighted by atomic mass is 10.4. The molecule has 0 fully saturated rings. The summed E-state index contributed by atoms with van der Waals surface area (Å²) < 4.78 is 26.2. The molecule has 3 nitrogen and oxygen atoms in total. The van der Waals surface area contributed by atoms with Gasteiger partial charge in [-0.3, -0.25) is 0 Å². The summed E-state index contributed by atoms with van der Waals surface area (Å²) in [4.78, 5) is 0.177. The van der Waals surface area contributed by atoms with Crippen molar-refractivity contribution < 1.29 is 8.42 Å². The van der Waals surface area contributed by atoms with Crippen LogP contribution in [0, 0.1) is 0 Å². The van der Waals surface area contributed by atoms with E-state index < -0.39 is 10.0 Å². The Morgan fingerprint density at radius 3 is 2.47 bits per heavy atom. The van der Waals surface area contributed by atoms with E-state index in [2.05, 4.69) is 15.9 Å². The number of sulfonamides is 1. The van der Waals surface area contributed by atoms with Crippen LogP contribution in [0.15, 0.2) is 29.2 Å². The minimum absolute atomic E-state index is 0.177. The van der Waals surface area contributed by atoms with Crippen LogP contribution in [0.4, 0.5) is 0 Å². The van der Waals surface area contributed by atoms with Gasteiger partial charge in [-0.25, -0.2) is 8.42 Å². The molecule has 0 N–H and O–H groups in total. The van der Waals surface area contributed by atoms with E-state index in [1.165, 1.54) is 10.4 Å². The van der Waals surface area contributed by atoms with Crippen molar-refractivity contribution in [1.82, 2.24) is 4.31 Å². The SMILES string of the molecule is CCCN(CCBr)S(=O)(=O)c1ccccc1Cl. The highest BCUT2D eigenvalue weighted by Gasteiger charge is 2.25. The van der Waals surface area contributed by atoms with E-state index in [9.17, 15) is 8.42 Å². The third kappa shape index (κ3) is 3.68. The van der Waals surface area contributed by atoms with Gasteiger partial charge in [-0.15, -0.1) is 0 Å². The zero-order valence-corrected chi connectivity index (χ0v) is 12.7. The van der Waals surface area contributed by atoms with Gasteiger partial charge in [-0.2, -0.15) is 4.31 Å². The molecule has 0 aliphatic heterocycles. The van der Waals surface area contributed by atoms with Gasteiger partial charge in [0.05, 0.1) is 5.02 Å². The van der Waals surface area contributed by atoms with E-state index in [4.69, 9.17) is 11.6 Å². The Bertz CT molecular complexity index is 458. The average molecular weight is 341 g/mol. The molecule has 0 amide bonds. The third-order valence-electron chi connectivity index (χ3n) is 2.26. The molecular weight excluding hydrogens is 326 g/mol. The van der Waals surface area contributed by atoms with Crippen molar-refractivity contribution in [3.8, 4) is 0 Å². The number of alkyl halides is 1. The molecule has 1 aromatic rings. The highest BCUT2D eigenvalue weighted by Crippen LogP contribution is 2.24. The van der Waals surface area contributed by atoms with Gasteiger partial charge in [0.25, 0.3) is 0 Å². The molecule has 0 atom stereocenters. The number of benzene rings is 1. The van der Waals surface area contributed by atoms with Crippen LogP contribution in [0.3, 0.4) is 0 Å². The molecule has 0 aromatic heterocycles. The summed E-state index contributed by atoms with van der Waals surface area (Å²) in [5.41, 5.74) is 0. The van der Waals surface area contributed by atoms with Gasteiger partial charge in [0, 0.05) is 18.4 Å². The van der Waals surface area contributed by atoms with Crippen LogP contribution in [0.5, 0.6) is 0 Å². The Hall–Kier alpha value is -0.100. The van der Waals surface area contributed by atoms with Gasteiger partial charge in [0.15, 0.2) is 0 Å². The molecule has 0 spiro atoms. The second-order valence-corrected chi connectivity index (χ2v) is 6.63. The molecule has 96 valence electrons. The highest BCUT2D eigenvalue weighted by molar-refractivity contribution is 9.09. The molecule has 0 radical (unpaired) electrons. The van der Waals surface area contributed by atoms with Crippen molar-refractivity contribution in [2.45, 2.75) is 18.2 Å². The molecule has 0 aliphatic rings. The third-order valence-corrected chi connectivity index (χ3v) is 5.01. The summed E-state index contributed by atoms with van der Waals surface area (Å²) in [5.74, 6) is 0. The second-order valence-electron chi connectivity index (χ2n) is 3.52. The summed E-state index contributed by atoms with van der Waals surface area (Å²) in [6.07, 6.45) is 0.774. The van der Waals surface area contributed by atoms with Gasteiger partial charge in [-0.1, -0.05) is 46.6 Å². The van der Waals surface area contributed by atoms with Gasteiger partial charge in [0.1, 0.15) is 4.90 Å². The number of rotatable bonds is 6. The van der Waals surface area contributed by atoms with Crippen LogP contribution in [0.1, 0.15) is 13.3 Å². The Morgan fingerprint density at radius 2 is 1.94 bits per heavy atom. The Morgan fingerprint density at radius 1 is 1.29 bits per heavy atom. The molecule has 0 heterocycles. The molecule has 6 heteroatoms. The van der Waals surface area contributed by atoms with Crippen LogP contribution in [-0.2, 0) is 10.0 Å². The van der Waals surface area contributed by atoms with Crippen molar-refractivity contribution >= 4 is 37.6 Å². The fourth-order valence-corrected chi connectivity index (χ4v) is 4.18. The van der Waals surface area contributed by atoms with Crippen LogP contribution in [0.25, 0.3) is 0 Å². The molecule has 1 rings (SSSR count). The van der Waals surface area contributed by atoms with Crippen molar-refractivity contribution in [2.75, 3.05) is 18.4 Å². The highest BCUT2D eigenvalue weighted by atomic mass is 79.9. The Kier molecular flexibility index (Phi) is 5.92. The lowest BCUT2D eigenvalue weighted by molar-refractivity contribution is 0.430. The minimum atomic E-state index is -3.48. The lowest BCUT2D eigenvalue weighted by Crippen LogP contribution is -2.33. The zero-order valence-electron chi connectivity index (χ0n) is 9.57. The molecule has 17 heavy (non-hydrogen) atoms. The first-order valence-corrected chi connectivity index (χ1v) is 8.28. The summed E-state index contributed by atoms with van der Waals surface area (Å²) >= 11 is 9.20. The smallest absolute Gasteiger partial charge is 0.207 e. The first kappa shape index (κ1) is 15.0. The maximum absolute atomic E-state index is 12.4. The number of hydrogen-bond donors (Lipinski definition) is 0. The minimum Gasteiger partial charge on any atom is -0.207 e. The number of hydrogen-bond acceptors (Lipinski definition) is 2. The number of nitrogens with zero attached hydrogens (tertiary/aromatic N) is 1. The van der Waals surface area contributed by atoms with E-state index in [1.54, 1.807) is 18.2 Å². The van der Waals surface area contributed by atoms with E-state index >= 15 is 0 Å². The van der Waals surface area contributed by atoms with Crippen molar-refractivity contribution in [3.63, 3.8) is 0 Å². The molecule has 0 bridgehead atoms. The van der Waals surface area contributed by atoms with E-state index in [0.717, 1.165) is 6.42 Å². The van der Waals surface area contributed by atoms with Crippen LogP contribution in [-0.4, -0.2) is 31.1 Å². The van der Waals surface area contributed by atoms with Crippen LogP contribution >= 0.6 is 27.5 Å². The van der Waals surface area contributed by atoms with E-state index in [-0.39, 0.29) is 9.92 Å². The van der Waals surface area contributed by atoms with Crippen molar-refractivity contribution in [2.24, 2.45) is 0 Å². The average Bonchev–Trinajstić information content (AvgIpc) is 2.29. The first-order chi connectivity index (χ1) is 8.04. The van der Waals surface area contributed by atoms with E-state index in [1.807, 2.05) is 6.92 Å². The molecule has 0 saturated heterocycles. The monoisotopic (exact) mass is 339 g/mol. The molecule has 0 unspecified atom stereocenters. The fraction of sp³-hybridized carbons (Fsp3) is 0.455. The molecule has 1 aromatic carbocycles. The van der Waals surface area contributed by atoms with Gasteiger partial charge < -0.3 is 0 Å². The molecule has 0 aliphatic carbocycles. The van der Waals surface area contributed by atoms with Crippen LogP contribution < -0.4 is 0 Å². The summed E-state index contributed by atoms with van der Waals surface area (Å²) in [5, 5.41) is 0.875. The van der Waals surface area contributed by atoms with Crippen molar-refractivity contribution in [1.29, 1.82) is 0 Å². The van der Waals surface area contributed by atoms with Gasteiger partial charge in [0.2, 0.25) is 10.0 Å². The second kappa shape index (κ2) is 6.73. The Labute approximate surface area is 116 Å². The largest absolute Gasteiger partial charge is 0.244 e. The van der Waals surface area contributed by atoms with Gasteiger partial charge in [-0.05, 0) is 18.6 Å². The topological polar surface area (TPSA) is 37.4 Å². The molecule has 0 saturated carbocycles. The predicted octanol–water partition coefficient (Wildman–Crippen LogP) is 3.14. The normalized spacial score (nSPS) is 12.0. The summed E-state index contributed by atoms with van der Waals surface area (Å²) in [6.45, 7) is 2.89. The fourth-order valence-electron chi connectivity index (χ4n) is 1.49. The number of halogens is 2.